The number of ether oxygens (including phenoxy) is 1. The van der Waals surface area contributed by atoms with Crippen LogP contribution in [0.15, 0.2) is 41.4 Å². The minimum Gasteiger partial charge on any atom is -0.383 e. The Kier molecular flexibility index (Phi) is 7.25. The molecule has 2 aromatic heterocycles. The van der Waals surface area contributed by atoms with Gasteiger partial charge in [0.05, 0.1) is 17.2 Å². The van der Waals surface area contributed by atoms with Crippen LogP contribution < -0.4 is 5.32 Å². The lowest BCUT2D eigenvalue weighted by molar-refractivity contribution is 0.148. The lowest BCUT2D eigenvalue weighted by atomic mass is 10.1. The van der Waals surface area contributed by atoms with Crippen molar-refractivity contribution in [2.75, 3.05) is 25.6 Å². The average molecular weight is 499 g/mol. The summed E-state index contributed by atoms with van der Waals surface area (Å²) in [5.41, 5.74) is 2.84. The van der Waals surface area contributed by atoms with Crippen molar-refractivity contribution in [2.45, 2.75) is 57.4 Å². The first-order chi connectivity index (χ1) is 16.6. The number of aryl methyl sites for hydroxylation is 1. The highest BCUT2D eigenvalue weighted by Crippen LogP contribution is 2.35. The second-order valence-corrected chi connectivity index (χ2v) is 11.8. The fourth-order valence-corrected chi connectivity index (χ4v) is 5.79. The number of nitrogens with zero attached hydrogens (tertiary/aromatic N) is 4. The molecule has 4 rings (SSSR count). The van der Waals surface area contributed by atoms with E-state index >= 15 is 0 Å². The van der Waals surface area contributed by atoms with Crippen molar-refractivity contribution in [2.24, 2.45) is 5.92 Å². The van der Waals surface area contributed by atoms with Crippen LogP contribution in [-0.2, 0) is 21.2 Å². The van der Waals surface area contributed by atoms with Crippen LogP contribution in [0, 0.1) is 12.8 Å². The molecule has 1 aliphatic carbocycles. The highest BCUT2D eigenvalue weighted by atomic mass is 32.2. The van der Waals surface area contributed by atoms with Crippen molar-refractivity contribution < 1.29 is 13.2 Å². The molecule has 0 spiro atoms. The van der Waals surface area contributed by atoms with E-state index in [4.69, 9.17) is 4.74 Å². The minimum absolute atomic E-state index is 0.223. The van der Waals surface area contributed by atoms with Gasteiger partial charge in [-0.3, -0.25) is 0 Å². The number of benzene rings is 1. The number of hydrogen-bond donors (Lipinski definition) is 2. The molecule has 3 aromatic rings. The monoisotopic (exact) mass is 498 g/mol. The summed E-state index contributed by atoms with van der Waals surface area (Å²) >= 11 is 0. The van der Waals surface area contributed by atoms with E-state index < -0.39 is 15.6 Å². The van der Waals surface area contributed by atoms with Gasteiger partial charge in [0.1, 0.15) is 11.5 Å². The van der Waals surface area contributed by atoms with Crippen LogP contribution in [0.2, 0.25) is 0 Å². The van der Waals surface area contributed by atoms with E-state index in [1.807, 2.05) is 33.8 Å². The van der Waals surface area contributed by atoms with Crippen molar-refractivity contribution in [1.29, 1.82) is 0 Å². The van der Waals surface area contributed by atoms with E-state index in [9.17, 15) is 8.42 Å². The Morgan fingerprint density at radius 1 is 1.14 bits per heavy atom. The van der Waals surface area contributed by atoms with Crippen LogP contribution in [0.25, 0.3) is 11.4 Å². The molecule has 0 saturated heterocycles. The van der Waals surface area contributed by atoms with Gasteiger partial charge in [-0.2, -0.15) is 4.31 Å². The molecule has 0 radical (unpaired) electrons. The number of sulfonamides is 1. The summed E-state index contributed by atoms with van der Waals surface area (Å²) in [7, 11) is -2.13. The SMILES string of the molecule is COCCN(C(C)(C)C)S(=O)(=O)c1ccc(Nc2nccc(-c3nc(C)[nH]c3CC3CC3)n2)cc1. The fourth-order valence-electron chi connectivity index (χ4n) is 4.02. The molecule has 0 bridgehead atoms. The van der Waals surface area contributed by atoms with Gasteiger partial charge in [-0.05, 0) is 83.2 Å². The number of rotatable bonds is 10. The first-order valence-corrected chi connectivity index (χ1v) is 13.3. The van der Waals surface area contributed by atoms with E-state index in [1.165, 1.54) is 17.1 Å². The predicted molar refractivity (Wildman–Crippen MR) is 136 cm³/mol. The third-order valence-electron chi connectivity index (χ3n) is 5.93. The first kappa shape index (κ1) is 25.3. The standard InChI is InChI=1S/C25H34N6O3S/c1-17-27-22(16-18-6-7-18)23(28-17)21-12-13-26-24(30-21)29-19-8-10-20(11-9-19)35(32,33)31(14-15-34-5)25(2,3)4/h8-13,18H,6-7,14-16H2,1-5H3,(H,27,28)(H,26,29,30). The lowest BCUT2D eigenvalue weighted by Crippen LogP contribution is -2.47. The largest absolute Gasteiger partial charge is 0.383 e. The Bertz CT molecular complexity index is 1260. The highest BCUT2D eigenvalue weighted by molar-refractivity contribution is 7.89. The smallest absolute Gasteiger partial charge is 0.243 e. The molecule has 2 heterocycles. The molecule has 35 heavy (non-hydrogen) atoms. The maximum atomic E-state index is 13.3. The quantitative estimate of drug-likeness (QED) is 0.428. The van der Waals surface area contributed by atoms with Gasteiger partial charge >= 0.3 is 0 Å². The maximum absolute atomic E-state index is 13.3. The number of nitrogens with one attached hydrogen (secondary N) is 2. The normalized spacial score (nSPS) is 14.5. The van der Waals surface area contributed by atoms with Gasteiger partial charge in [0.25, 0.3) is 0 Å². The maximum Gasteiger partial charge on any atom is 0.243 e. The summed E-state index contributed by atoms with van der Waals surface area (Å²) < 4.78 is 33.2. The molecule has 0 aliphatic heterocycles. The van der Waals surface area contributed by atoms with Crippen LogP contribution in [0.5, 0.6) is 0 Å². The number of H-pyrrole nitrogens is 1. The minimum atomic E-state index is -3.69. The van der Waals surface area contributed by atoms with Gasteiger partial charge in [0.15, 0.2) is 0 Å². The number of anilines is 2. The third-order valence-corrected chi connectivity index (χ3v) is 8.11. The summed E-state index contributed by atoms with van der Waals surface area (Å²) in [6, 6.07) is 8.48. The topological polar surface area (TPSA) is 113 Å². The molecule has 0 atom stereocenters. The summed E-state index contributed by atoms with van der Waals surface area (Å²) in [6.45, 7) is 8.16. The number of hydrogen-bond acceptors (Lipinski definition) is 7. The van der Waals surface area contributed by atoms with E-state index in [0.29, 0.717) is 18.2 Å². The first-order valence-electron chi connectivity index (χ1n) is 11.9. The van der Waals surface area contributed by atoms with Gasteiger partial charge in [-0.25, -0.2) is 23.4 Å². The van der Waals surface area contributed by atoms with E-state index in [1.54, 1.807) is 37.6 Å². The Labute approximate surface area is 207 Å². The zero-order chi connectivity index (χ0) is 25.2. The van der Waals surface area contributed by atoms with Crippen molar-refractivity contribution in [1.82, 2.24) is 24.2 Å². The van der Waals surface area contributed by atoms with Crippen LogP contribution in [0.1, 0.15) is 45.1 Å². The molecule has 0 amide bonds. The molecule has 9 nitrogen and oxygen atoms in total. The Morgan fingerprint density at radius 3 is 2.49 bits per heavy atom. The van der Waals surface area contributed by atoms with Gasteiger partial charge in [0, 0.05) is 36.8 Å². The molecule has 0 unspecified atom stereocenters. The number of imidazole rings is 1. The molecule has 1 fully saturated rings. The molecule has 2 N–H and O–H groups in total. The second kappa shape index (κ2) is 10.0. The second-order valence-electron chi connectivity index (χ2n) is 9.95. The molecule has 188 valence electrons. The van der Waals surface area contributed by atoms with Crippen molar-refractivity contribution >= 4 is 21.7 Å². The van der Waals surface area contributed by atoms with Crippen LogP contribution in [-0.4, -0.2) is 58.5 Å². The summed E-state index contributed by atoms with van der Waals surface area (Å²) in [5, 5.41) is 3.18. The molecular weight excluding hydrogens is 464 g/mol. The van der Waals surface area contributed by atoms with Crippen molar-refractivity contribution in [3.8, 4) is 11.4 Å². The number of aromatic nitrogens is 4. The molecular formula is C25H34N6O3S. The van der Waals surface area contributed by atoms with Gasteiger partial charge in [-0.1, -0.05) is 0 Å². The van der Waals surface area contributed by atoms with E-state index in [-0.39, 0.29) is 11.4 Å². The van der Waals surface area contributed by atoms with Gasteiger partial charge in [-0.15, -0.1) is 0 Å². The van der Waals surface area contributed by atoms with Crippen LogP contribution in [0.4, 0.5) is 11.6 Å². The summed E-state index contributed by atoms with van der Waals surface area (Å²) in [4.78, 5) is 17.2. The predicted octanol–water partition coefficient (Wildman–Crippen LogP) is 4.31. The Morgan fingerprint density at radius 2 is 1.86 bits per heavy atom. The van der Waals surface area contributed by atoms with Gasteiger partial charge < -0.3 is 15.0 Å². The summed E-state index contributed by atoms with van der Waals surface area (Å²) in [5.74, 6) is 2.02. The third kappa shape index (κ3) is 6.06. The zero-order valence-electron chi connectivity index (χ0n) is 21.0. The lowest BCUT2D eigenvalue weighted by Gasteiger charge is -2.34. The molecule has 10 heteroatoms. The Hall–Kier alpha value is -2.82. The van der Waals surface area contributed by atoms with E-state index in [0.717, 1.165) is 35.2 Å². The van der Waals surface area contributed by atoms with Crippen LogP contribution in [0.3, 0.4) is 0 Å². The van der Waals surface area contributed by atoms with E-state index in [2.05, 4.69) is 25.3 Å². The number of methoxy groups -OCH3 is 1. The fraction of sp³-hybridized carbons (Fsp3) is 0.480. The summed E-state index contributed by atoms with van der Waals surface area (Å²) in [6.07, 6.45) is 5.21. The number of aromatic amines is 1. The van der Waals surface area contributed by atoms with Crippen molar-refractivity contribution in [3.05, 3.63) is 48.0 Å². The van der Waals surface area contributed by atoms with Crippen molar-refractivity contribution in [3.63, 3.8) is 0 Å². The average Bonchev–Trinajstić information content (AvgIpc) is 3.53. The van der Waals surface area contributed by atoms with Gasteiger partial charge in [0.2, 0.25) is 16.0 Å². The Balaban J connectivity index is 1.53. The highest BCUT2D eigenvalue weighted by Gasteiger charge is 2.33. The molecule has 1 aromatic carbocycles. The zero-order valence-corrected chi connectivity index (χ0v) is 21.8. The molecule has 1 saturated carbocycles. The molecule has 1 aliphatic rings. The van der Waals surface area contributed by atoms with Crippen LogP contribution >= 0.6 is 0 Å².